The van der Waals surface area contributed by atoms with Crippen molar-refractivity contribution >= 4 is 35.9 Å². The van der Waals surface area contributed by atoms with E-state index in [-0.39, 0.29) is 35.5 Å². The first-order chi connectivity index (χ1) is 12.3. The topological polar surface area (TPSA) is 96.9 Å². The van der Waals surface area contributed by atoms with Gasteiger partial charge in [0.15, 0.2) is 5.82 Å². The number of hydrogen-bond acceptors (Lipinski definition) is 5. The van der Waals surface area contributed by atoms with Crippen molar-refractivity contribution in [1.82, 2.24) is 15.0 Å². The maximum absolute atomic E-state index is 11.9. The summed E-state index contributed by atoms with van der Waals surface area (Å²) in [6.07, 6.45) is 3.55. The van der Waals surface area contributed by atoms with Crippen LogP contribution in [0.1, 0.15) is 39.1 Å². The average Bonchev–Trinajstić information content (AvgIpc) is 2.60. The van der Waals surface area contributed by atoms with Crippen LogP contribution < -0.4 is 10.6 Å². The summed E-state index contributed by atoms with van der Waals surface area (Å²) in [5.41, 5.74) is 0.980. The number of carbonyl (C=O) groups excluding carboxylic acids is 2. The third-order valence-electron chi connectivity index (χ3n) is 3.40. The van der Waals surface area contributed by atoms with Crippen LogP contribution in [0.3, 0.4) is 0 Å². The summed E-state index contributed by atoms with van der Waals surface area (Å²) < 4.78 is 0. The Morgan fingerprint density at radius 1 is 0.808 bits per heavy atom. The van der Waals surface area contributed by atoms with Gasteiger partial charge in [0.25, 0.3) is 0 Å². The maximum atomic E-state index is 11.9. The number of nitrogens with zero attached hydrogens (tertiary/aromatic N) is 3. The monoisotopic (exact) mass is 353 g/mol. The number of aromatic nitrogens is 3. The number of benzene rings is 1. The maximum Gasteiger partial charge on any atom is 0.234 e. The lowest BCUT2D eigenvalue weighted by molar-refractivity contribution is -0.119. The lowest BCUT2D eigenvalue weighted by Crippen LogP contribution is -2.23. The molecular weight excluding hydrogens is 330 g/mol. The van der Waals surface area contributed by atoms with Crippen molar-refractivity contribution in [2.45, 2.75) is 27.7 Å². The molecule has 1 heterocycles. The van der Waals surface area contributed by atoms with Crippen molar-refractivity contribution in [2.75, 3.05) is 10.6 Å². The molecule has 0 fully saturated rings. The molecule has 2 amide bonds. The standard InChI is InChI=1S/C19H23N5O2/c1-12(2)16(25)22-18-20-15(11-10-14-8-6-5-7-9-14)21-19(24-18)23-17(26)13(3)4/h5-13H,1-4H3,(H2,20,21,22,23,24,25,26)/b11-10+. The highest BCUT2D eigenvalue weighted by Gasteiger charge is 2.14. The summed E-state index contributed by atoms with van der Waals surface area (Å²) in [6.45, 7) is 7.09. The lowest BCUT2D eigenvalue weighted by atomic mass is 10.2. The fourth-order valence-electron chi connectivity index (χ4n) is 1.82. The summed E-state index contributed by atoms with van der Waals surface area (Å²) in [4.78, 5) is 36.4. The summed E-state index contributed by atoms with van der Waals surface area (Å²) in [5.74, 6) is -0.323. The Balaban J connectivity index is 2.31. The Kier molecular flexibility index (Phi) is 6.54. The van der Waals surface area contributed by atoms with E-state index in [0.29, 0.717) is 5.82 Å². The van der Waals surface area contributed by atoms with Crippen LogP contribution in [0, 0.1) is 11.8 Å². The minimum atomic E-state index is -0.219. The zero-order chi connectivity index (χ0) is 19.1. The van der Waals surface area contributed by atoms with Gasteiger partial charge in [0.2, 0.25) is 23.7 Å². The van der Waals surface area contributed by atoms with Gasteiger partial charge in [0.1, 0.15) is 0 Å². The van der Waals surface area contributed by atoms with Gasteiger partial charge in [-0.1, -0.05) is 64.1 Å². The largest absolute Gasteiger partial charge is 0.294 e. The lowest BCUT2D eigenvalue weighted by Gasteiger charge is -2.10. The van der Waals surface area contributed by atoms with Crippen LogP contribution in [0.15, 0.2) is 30.3 Å². The average molecular weight is 353 g/mol. The second kappa shape index (κ2) is 8.84. The Morgan fingerprint density at radius 3 is 1.77 bits per heavy atom. The van der Waals surface area contributed by atoms with Crippen LogP contribution in [0.5, 0.6) is 0 Å². The van der Waals surface area contributed by atoms with Crippen molar-refractivity contribution in [3.8, 4) is 0 Å². The molecule has 26 heavy (non-hydrogen) atoms. The minimum Gasteiger partial charge on any atom is -0.294 e. The smallest absolute Gasteiger partial charge is 0.234 e. The molecule has 7 heteroatoms. The van der Waals surface area contributed by atoms with Gasteiger partial charge in [-0.2, -0.15) is 15.0 Å². The van der Waals surface area contributed by atoms with Crippen molar-refractivity contribution in [1.29, 1.82) is 0 Å². The van der Waals surface area contributed by atoms with Crippen LogP contribution in [-0.2, 0) is 9.59 Å². The molecule has 0 saturated heterocycles. The second-order valence-electron chi connectivity index (χ2n) is 6.37. The summed E-state index contributed by atoms with van der Waals surface area (Å²) in [5, 5.41) is 5.27. The number of hydrogen-bond donors (Lipinski definition) is 2. The van der Waals surface area contributed by atoms with Crippen LogP contribution in [0.4, 0.5) is 11.9 Å². The van der Waals surface area contributed by atoms with Crippen molar-refractivity contribution in [2.24, 2.45) is 11.8 Å². The molecule has 0 aliphatic carbocycles. The molecule has 0 radical (unpaired) electrons. The highest BCUT2D eigenvalue weighted by molar-refractivity contribution is 5.92. The van der Waals surface area contributed by atoms with Gasteiger partial charge in [0.05, 0.1) is 0 Å². The molecule has 136 valence electrons. The van der Waals surface area contributed by atoms with Gasteiger partial charge in [-0.25, -0.2) is 0 Å². The van der Waals surface area contributed by atoms with E-state index in [1.165, 1.54) is 0 Å². The molecule has 0 saturated carbocycles. The molecule has 2 aromatic rings. The molecule has 7 nitrogen and oxygen atoms in total. The van der Waals surface area contributed by atoms with E-state index >= 15 is 0 Å². The normalized spacial score (nSPS) is 11.2. The molecule has 0 spiro atoms. The van der Waals surface area contributed by atoms with E-state index in [9.17, 15) is 9.59 Å². The third-order valence-corrected chi connectivity index (χ3v) is 3.40. The summed E-state index contributed by atoms with van der Waals surface area (Å²) >= 11 is 0. The minimum absolute atomic E-state index is 0.102. The van der Waals surface area contributed by atoms with Crippen LogP contribution in [0.25, 0.3) is 12.2 Å². The number of amides is 2. The van der Waals surface area contributed by atoms with E-state index in [0.717, 1.165) is 5.56 Å². The van der Waals surface area contributed by atoms with Crippen molar-refractivity contribution in [3.63, 3.8) is 0 Å². The molecule has 0 unspecified atom stereocenters. The number of nitrogens with one attached hydrogen (secondary N) is 2. The van der Waals surface area contributed by atoms with Gasteiger partial charge < -0.3 is 0 Å². The highest BCUT2D eigenvalue weighted by Crippen LogP contribution is 2.11. The van der Waals surface area contributed by atoms with Gasteiger partial charge in [-0.05, 0) is 11.6 Å². The zero-order valence-electron chi connectivity index (χ0n) is 15.4. The van der Waals surface area contributed by atoms with E-state index in [4.69, 9.17) is 0 Å². The van der Waals surface area contributed by atoms with E-state index < -0.39 is 0 Å². The Hall–Kier alpha value is -3.09. The molecule has 1 aromatic heterocycles. The van der Waals surface area contributed by atoms with Gasteiger partial charge in [-0.15, -0.1) is 0 Å². The molecule has 0 aliphatic heterocycles. The number of carbonyl (C=O) groups is 2. The Labute approximate surface area is 153 Å². The van der Waals surface area contributed by atoms with Crippen molar-refractivity contribution in [3.05, 3.63) is 41.7 Å². The third kappa shape index (κ3) is 5.77. The summed E-state index contributed by atoms with van der Waals surface area (Å²) in [7, 11) is 0. The van der Waals surface area contributed by atoms with Gasteiger partial charge in [-0.3, -0.25) is 20.2 Å². The number of anilines is 2. The van der Waals surface area contributed by atoms with Crippen LogP contribution in [-0.4, -0.2) is 26.8 Å². The van der Waals surface area contributed by atoms with Gasteiger partial charge in [0, 0.05) is 11.8 Å². The predicted molar refractivity (Wildman–Crippen MR) is 102 cm³/mol. The molecule has 0 atom stereocenters. The van der Waals surface area contributed by atoms with E-state index in [2.05, 4.69) is 25.6 Å². The first kappa shape index (κ1) is 19.2. The van der Waals surface area contributed by atoms with E-state index in [1.54, 1.807) is 33.8 Å². The van der Waals surface area contributed by atoms with Crippen LogP contribution in [0.2, 0.25) is 0 Å². The second-order valence-corrected chi connectivity index (χ2v) is 6.37. The molecule has 2 rings (SSSR count). The fraction of sp³-hybridized carbons (Fsp3) is 0.316. The fourth-order valence-corrected chi connectivity index (χ4v) is 1.82. The Bertz CT molecular complexity index is 761. The SMILES string of the molecule is CC(C)C(=O)Nc1nc(/C=C/c2ccccc2)nc(NC(=O)C(C)C)n1. The molecule has 0 aliphatic rings. The molecule has 1 aromatic carbocycles. The quantitative estimate of drug-likeness (QED) is 0.831. The van der Waals surface area contributed by atoms with Crippen LogP contribution >= 0.6 is 0 Å². The predicted octanol–water partition coefficient (Wildman–Crippen LogP) is 3.23. The zero-order valence-corrected chi connectivity index (χ0v) is 15.4. The molecule has 2 N–H and O–H groups in total. The van der Waals surface area contributed by atoms with E-state index in [1.807, 2.05) is 36.4 Å². The molecular formula is C19H23N5O2. The number of rotatable bonds is 6. The van der Waals surface area contributed by atoms with Crippen molar-refractivity contribution < 1.29 is 9.59 Å². The first-order valence-electron chi connectivity index (χ1n) is 8.46. The summed E-state index contributed by atoms with van der Waals surface area (Å²) in [6, 6.07) is 9.67. The first-order valence-corrected chi connectivity index (χ1v) is 8.46. The van der Waals surface area contributed by atoms with Gasteiger partial charge >= 0.3 is 0 Å². The Morgan fingerprint density at radius 2 is 1.31 bits per heavy atom. The molecule has 0 bridgehead atoms. The highest BCUT2D eigenvalue weighted by atomic mass is 16.2.